The first kappa shape index (κ1) is 15.6. The topological polar surface area (TPSA) is 96.0 Å². The van der Waals surface area contributed by atoms with E-state index in [9.17, 15) is 14.4 Å². The Balaban J connectivity index is 1.88. The van der Waals surface area contributed by atoms with Crippen molar-refractivity contribution < 1.29 is 23.2 Å². The molecule has 1 aliphatic heterocycles. The fourth-order valence-corrected chi connectivity index (χ4v) is 2.20. The Morgan fingerprint density at radius 1 is 1.21 bits per heavy atom. The molecule has 8 nitrogen and oxygen atoms in total. The molecular weight excluding hydrogens is 314 g/mol. The van der Waals surface area contributed by atoms with Crippen molar-refractivity contribution in [1.29, 1.82) is 0 Å². The fourth-order valence-electron chi connectivity index (χ4n) is 2.20. The summed E-state index contributed by atoms with van der Waals surface area (Å²) in [5, 5.41) is 2.14. The molecule has 0 radical (unpaired) electrons. The molecule has 0 unspecified atom stereocenters. The molecule has 1 N–H and O–H groups in total. The van der Waals surface area contributed by atoms with E-state index in [1.54, 1.807) is 43.3 Å². The zero-order chi connectivity index (χ0) is 17.3. The van der Waals surface area contributed by atoms with Crippen molar-refractivity contribution in [2.75, 3.05) is 19.0 Å². The van der Waals surface area contributed by atoms with Crippen LogP contribution in [0.3, 0.4) is 0 Å². The lowest BCUT2D eigenvalue weighted by Gasteiger charge is -2.25. The predicted molar refractivity (Wildman–Crippen MR) is 83.8 cm³/mol. The second kappa shape index (κ2) is 6.07. The van der Waals surface area contributed by atoms with Crippen LogP contribution in [-0.4, -0.2) is 36.8 Å². The largest absolute Gasteiger partial charge is 0.467 e. The Labute approximate surface area is 137 Å². The zero-order valence-corrected chi connectivity index (χ0v) is 13.1. The van der Waals surface area contributed by atoms with E-state index < -0.39 is 17.8 Å². The SMILES string of the molecule is CN(C)c1ccc(/C=C2\C(=O)NC(=O)N(Cc3ccco3)C2=O)o1. The van der Waals surface area contributed by atoms with Crippen molar-refractivity contribution in [2.45, 2.75) is 6.54 Å². The maximum absolute atomic E-state index is 12.5. The summed E-state index contributed by atoms with van der Waals surface area (Å²) in [4.78, 5) is 39.0. The molecule has 0 aromatic carbocycles. The van der Waals surface area contributed by atoms with Gasteiger partial charge in [-0.25, -0.2) is 4.79 Å². The average molecular weight is 329 g/mol. The first-order valence-corrected chi connectivity index (χ1v) is 7.14. The Hall–Kier alpha value is -3.29. The van der Waals surface area contributed by atoms with Crippen LogP contribution in [-0.2, 0) is 16.1 Å². The molecule has 0 atom stereocenters. The number of hydrogen-bond acceptors (Lipinski definition) is 6. The van der Waals surface area contributed by atoms with Crippen molar-refractivity contribution in [3.8, 4) is 0 Å². The molecule has 1 fully saturated rings. The van der Waals surface area contributed by atoms with Crippen molar-refractivity contribution in [3.63, 3.8) is 0 Å². The summed E-state index contributed by atoms with van der Waals surface area (Å²) < 4.78 is 10.6. The molecular formula is C16H15N3O5. The van der Waals surface area contributed by atoms with Crippen LogP contribution in [0, 0.1) is 0 Å². The van der Waals surface area contributed by atoms with Gasteiger partial charge in [-0.15, -0.1) is 0 Å². The number of rotatable bonds is 4. The van der Waals surface area contributed by atoms with Crippen molar-refractivity contribution in [2.24, 2.45) is 0 Å². The van der Waals surface area contributed by atoms with Gasteiger partial charge >= 0.3 is 6.03 Å². The van der Waals surface area contributed by atoms with Gasteiger partial charge in [0.15, 0.2) is 5.88 Å². The highest BCUT2D eigenvalue weighted by atomic mass is 16.4. The number of nitrogens with one attached hydrogen (secondary N) is 1. The first-order valence-electron chi connectivity index (χ1n) is 7.14. The van der Waals surface area contributed by atoms with Gasteiger partial charge in [0.05, 0.1) is 12.8 Å². The number of nitrogens with zero attached hydrogens (tertiary/aromatic N) is 2. The van der Waals surface area contributed by atoms with E-state index in [2.05, 4.69) is 5.32 Å². The number of carbonyl (C=O) groups is 3. The van der Waals surface area contributed by atoms with E-state index in [1.165, 1.54) is 12.3 Å². The monoisotopic (exact) mass is 329 g/mol. The summed E-state index contributed by atoms with van der Waals surface area (Å²) in [6, 6.07) is 5.84. The van der Waals surface area contributed by atoms with Crippen LogP contribution in [0.2, 0.25) is 0 Å². The van der Waals surface area contributed by atoms with E-state index >= 15 is 0 Å². The van der Waals surface area contributed by atoms with Gasteiger partial charge in [-0.1, -0.05) is 0 Å². The van der Waals surface area contributed by atoms with Gasteiger partial charge in [0.25, 0.3) is 11.8 Å². The van der Waals surface area contributed by atoms with Crippen molar-refractivity contribution >= 4 is 29.8 Å². The number of carbonyl (C=O) groups excluding carboxylic acids is 3. The van der Waals surface area contributed by atoms with Gasteiger partial charge < -0.3 is 13.7 Å². The molecule has 2 aromatic heterocycles. The maximum atomic E-state index is 12.5. The summed E-state index contributed by atoms with van der Waals surface area (Å²) in [6.45, 7) is -0.0661. The quantitative estimate of drug-likeness (QED) is 0.676. The third-order valence-corrected chi connectivity index (χ3v) is 3.42. The van der Waals surface area contributed by atoms with Gasteiger partial charge in [-0.05, 0) is 24.3 Å². The van der Waals surface area contributed by atoms with Gasteiger partial charge in [-0.2, -0.15) is 0 Å². The summed E-state index contributed by atoms with van der Waals surface area (Å²) in [5.74, 6) is -0.120. The number of furan rings is 2. The lowest BCUT2D eigenvalue weighted by molar-refractivity contribution is -0.130. The van der Waals surface area contributed by atoms with Gasteiger partial charge in [0, 0.05) is 20.2 Å². The smallest absolute Gasteiger partial charge is 0.331 e. The first-order chi connectivity index (χ1) is 11.5. The molecule has 4 amide bonds. The summed E-state index contributed by atoms with van der Waals surface area (Å²) >= 11 is 0. The lowest BCUT2D eigenvalue weighted by atomic mass is 10.1. The molecule has 0 aliphatic carbocycles. The number of anilines is 1. The van der Waals surface area contributed by atoms with Crippen LogP contribution in [0.15, 0.2) is 44.9 Å². The van der Waals surface area contributed by atoms with E-state index in [-0.39, 0.29) is 12.1 Å². The van der Waals surface area contributed by atoms with Gasteiger partial charge in [0.1, 0.15) is 17.1 Å². The van der Waals surface area contributed by atoms with Crippen molar-refractivity contribution in [1.82, 2.24) is 10.2 Å². The molecule has 2 aromatic rings. The van der Waals surface area contributed by atoms with Crippen LogP contribution in [0.4, 0.5) is 10.7 Å². The normalized spacial score (nSPS) is 16.7. The van der Waals surface area contributed by atoms with E-state index in [4.69, 9.17) is 8.83 Å². The number of amides is 4. The number of hydrogen-bond donors (Lipinski definition) is 1. The van der Waals surface area contributed by atoms with Gasteiger partial charge in [0.2, 0.25) is 0 Å². The lowest BCUT2D eigenvalue weighted by Crippen LogP contribution is -2.53. The van der Waals surface area contributed by atoms with Crippen LogP contribution in [0.1, 0.15) is 11.5 Å². The third-order valence-electron chi connectivity index (χ3n) is 3.42. The molecule has 3 rings (SSSR count). The molecule has 0 bridgehead atoms. The molecule has 24 heavy (non-hydrogen) atoms. The summed E-state index contributed by atoms with van der Waals surface area (Å²) in [6.07, 6.45) is 2.75. The Kier molecular flexibility index (Phi) is 3.95. The molecule has 8 heteroatoms. The molecule has 1 aliphatic rings. The highest BCUT2D eigenvalue weighted by Crippen LogP contribution is 2.21. The molecule has 124 valence electrons. The highest BCUT2D eigenvalue weighted by Gasteiger charge is 2.36. The minimum absolute atomic E-state index is 0.0661. The predicted octanol–water partition coefficient (Wildman–Crippen LogP) is 1.60. The third kappa shape index (κ3) is 2.94. The van der Waals surface area contributed by atoms with Crippen LogP contribution >= 0.6 is 0 Å². The Bertz CT molecular complexity index is 817. The summed E-state index contributed by atoms with van der Waals surface area (Å²) in [5.41, 5.74) is -0.180. The maximum Gasteiger partial charge on any atom is 0.331 e. The average Bonchev–Trinajstić information content (AvgIpc) is 3.19. The Morgan fingerprint density at radius 2 is 2.00 bits per heavy atom. The minimum Gasteiger partial charge on any atom is -0.467 e. The Morgan fingerprint density at radius 3 is 2.62 bits per heavy atom. The van der Waals surface area contributed by atoms with Gasteiger partial charge in [-0.3, -0.25) is 19.8 Å². The van der Waals surface area contributed by atoms with E-state index in [1.807, 2.05) is 0 Å². The zero-order valence-electron chi connectivity index (χ0n) is 13.1. The van der Waals surface area contributed by atoms with E-state index in [0.717, 1.165) is 4.90 Å². The second-order valence-electron chi connectivity index (χ2n) is 5.36. The molecule has 0 saturated carbocycles. The fraction of sp³-hybridized carbons (Fsp3) is 0.188. The highest BCUT2D eigenvalue weighted by molar-refractivity contribution is 6.30. The standard InChI is InChI=1S/C16H15N3O5/c1-18(2)13-6-5-10(24-13)8-12-14(20)17-16(22)19(15(12)21)9-11-4-3-7-23-11/h3-8H,9H2,1-2H3,(H,17,20,22)/b12-8+. The summed E-state index contributed by atoms with van der Waals surface area (Å²) in [7, 11) is 3.61. The minimum atomic E-state index is -0.785. The van der Waals surface area contributed by atoms with Crippen LogP contribution in [0.25, 0.3) is 6.08 Å². The molecule has 3 heterocycles. The van der Waals surface area contributed by atoms with Crippen LogP contribution in [0.5, 0.6) is 0 Å². The second-order valence-corrected chi connectivity index (χ2v) is 5.36. The van der Waals surface area contributed by atoms with Crippen molar-refractivity contribution in [3.05, 3.63) is 47.6 Å². The number of urea groups is 1. The molecule has 0 spiro atoms. The number of barbiturate groups is 1. The number of imide groups is 2. The molecule has 1 saturated heterocycles. The van der Waals surface area contributed by atoms with Crippen LogP contribution < -0.4 is 10.2 Å². The van der Waals surface area contributed by atoms with E-state index in [0.29, 0.717) is 17.4 Å².